The first-order valence-electron chi connectivity index (χ1n) is 23.3. The molecule has 1 saturated heterocycles. The van der Waals surface area contributed by atoms with Crippen LogP contribution in [0.4, 0.5) is 22.7 Å². The van der Waals surface area contributed by atoms with Crippen molar-refractivity contribution in [3.05, 3.63) is 59.4 Å². The van der Waals surface area contributed by atoms with E-state index in [9.17, 15) is 39.9 Å². The number of nitrogens with zero attached hydrogens (tertiary/aromatic N) is 2. The highest BCUT2D eigenvalue weighted by Gasteiger charge is 2.50. The van der Waals surface area contributed by atoms with E-state index in [1.54, 1.807) is 58.9 Å². The normalized spacial score (nSPS) is 29.7. The molecule has 1 amide bonds. The summed E-state index contributed by atoms with van der Waals surface area (Å²) in [7, 11) is 1.45. The van der Waals surface area contributed by atoms with E-state index in [2.05, 4.69) is 34.3 Å². The van der Waals surface area contributed by atoms with E-state index in [-0.39, 0.29) is 67.5 Å². The van der Waals surface area contributed by atoms with Crippen molar-refractivity contribution in [1.82, 2.24) is 4.90 Å². The number of fused-ring (bicyclic) bond motifs is 2. The summed E-state index contributed by atoms with van der Waals surface area (Å²) in [6, 6.07) is 3.38. The topological polar surface area (TPSA) is 229 Å². The molecular weight excluding hydrogens is 877 g/mol. The Morgan fingerprint density at radius 3 is 2.22 bits per heavy atom. The minimum atomic E-state index is -2.05. The highest BCUT2D eigenvalue weighted by Crippen LogP contribution is 2.61. The van der Waals surface area contributed by atoms with E-state index in [0.717, 1.165) is 19.6 Å². The fourth-order valence-electron chi connectivity index (χ4n) is 9.85. The lowest BCUT2D eigenvalue weighted by Gasteiger charge is -2.38. The van der Waals surface area contributed by atoms with Gasteiger partial charge in [-0.1, -0.05) is 59.8 Å². The van der Waals surface area contributed by atoms with Gasteiger partial charge in [0.25, 0.3) is 11.7 Å². The van der Waals surface area contributed by atoms with Gasteiger partial charge >= 0.3 is 11.8 Å². The first-order chi connectivity index (χ1) is 32.1. The lowest BCUT2D eigenvalue weighted by Crippen LogP contribution is -2.47. The van der Waals surface area contributed by atoms with Gasteiger partial charge in [0.05, 0.1) is 41.2 Å². The van der Waals surface area contributed by atoms with Crippen LogP contribution in [0, 0.1) is 36.5 Å². The molecule has 0 unspecified atom stereocenters. The van der Waals surface area contributed by atoms with Crippen molar-refractivity contribution in [2.24, 2.45) is 29.6 Å². The molecule has 68 heavy (non-hydrogen) atoms. The zero-order valence-electron chi connectivity index (χ0n) is 40.7. The molecule has 7 rings (SSSR count). The number of ketones is 1. The molecular formula is C51H66N4O13. The minimum Gasteiger partial charge on any atom is -0.507 e. The maximum Gasteiger partial charge on any atom is 0.312 e. The molecule has 0 spiro atoms. The van der Waals surface area contributed by atoms with Gasteiger partial charge in [0.2, 0.25) is 0 Å². The molecule has 9 atom stereocenters. The molecule has 0 aromatic heterocycles. The molecule has 3 aromatic rings. The largest absolute Gasteiger partial charge is 0.507 e. The third-order valence-electron chi connectivity index (χ3n) is 13.9. The van der Waals surface area contributed by atoms with Crippen LogP contribution in [0.1, 0.15) is 78.2 Å². The monoisotopic (exact) mass is 942 g/mol. The summed E-state index contributed by atoms with van der Waals surface area (Å²) < 4.78 is 30.6. The van der Waals surface area contributed by atoms with Crippen LogP contribution in [-0.2, 0) is 23.8 Å². The molecule has 1 fully saturated rings. The summed E-state index contributed by atoms with van der Waals surface area (Å²) >= 11 is 0. The number of aliphatic hydroxyl groups is 2. The van der Waals surface area contributed by atoms with E-state index >= 15 is 0 Å². The smallest absolute Gasteiger partial charge is 0.312 e. The number of phenols is 3. The lowest BCUT2D eigenvalue weighted by molar-refractivity contribution is -0.160. The third-order valence-corrected chi connectivity index (χ3v) is 13.9. The predicted molar refractivity (Wildman–Crippen MR) is 257 cm³/mol. The Bertz CT molecular complexity index is 2560. The second kappa shape index (κ2) is 19.5. The fourth-order valence-corrected chi connectivity index (χ4v) is 9.85. The Morgan fingerprint density at radius 2 is 1.57 bits per heavy atom. The Balaban J connectivity index is 1.38. The molecule has 17 heteroatoms. The number of carbonyl (C=O) groups excluding carboxylic acids is 3. The van der Waals surface area contributed by atoms with Crippen LogP contribution in [0.25, 0.3) is 10.8 Å². The average Bonchev–Trinajstić information content (AvgIpc) is 3.56. The number of methoxy groups -OCH3 is 1. The van der Waals surface area contributed by atoms with Crippen molar-refractivity contribution in [2.75, 3.05) is 55.4 Å². The third kappa shape index (κ3) is 9.28. The number of Topliss-reactive ketones (excluding diaryl/α,β-unsaturated/α-hetero) is 1. The first kappa shape index (κ1) is 49.9. The molecule has 4 aliphatic heterocycles. The first-order valence-corrected chi connectivity index (χ1v) is 23.3. The summed E-state index contributed by atoms with van der Waals surface area (Å²) in [5.41, 5.74) is 0.804. The number of hydrogen-bond donors (Lipinski definition) is 7. The summed E-state index contributed by atoms with van der Waals surface area (Å²) in [6.07, 6.45) is 3.64. The zero-order valence-corrected chi connectivity index (χ0v) is 40.7. The van der Waals surface area contributed by atoms with Gasteiger partial charge < -0.3 is 64.8 Å². The highest BCUT2D eigenvalue weighted by molar-refractivity contribution is 6.25. The number of ether oxygens (including phenoxy) is 5. The van der Waals surface area contributed by atoms with Crippen molar-refractivity contribution >= 4 is 51.2 Å². The van der Waals surface area contributed by atoms with Gasteiger partial charge in [-0.05, 0) is 25.8 Å². The second-order valence-electron chi connectivity index (χ2n) is 19.3. The molecule has 3 aromatic carbocycles. The number of aromatic hydroxyl groups is 3. The van der Waals surface area contributed by atoms with Crippen LogP contribution in [0.5, 0.6) is 34.5 Å². The Morgan fingerprint density at radius 1 is 0.882 bits per heavy atom. The van der Waals surface area contributed by atoms with Crippen molar-refractivity contribution in [2.45, 2.75) is 99.4 Å². The number of benzene rings is 3. The van der Waals surface area contributed by atoms with E-state index in [0.29, 0.717) is 24.7 Å². The van der Waals surface area contributed by atoms with Gasteiger partial charge in [-0.3, -0.25) is 19.3 Å². The quantitative estimate of drug-likeness (QED) is 0.0588. The SMILES string of the molecule is CO[C@H]1/C=C/O[C@@]2(C)Oc3c(C)c(O)c4c(O)c(c5c(c4c3C2=O)Nc2c(O)cc(N3CCN(CC(C)C)CC3)cc2O5)NC(=O)/C(C)=C/C=C/[C@H](C)[C@H](O)[C@@H](C)[C@@H](O)[C@@H](C)[C@H](OC(C)=O)[C@@H]1C. The molecule has 4 aliphatic rings. The standard InChI is InChI=1S/C51H66N4O13/c1-24(2)23-54-16-18-55(19-17-54)32-21-33(57)39-35(22-32)67-48-40(52-39)36-37-44(60)30(8)47-38(36)49(62)51(10,68-47)65-20-15-34(64-11)27(5)46(66-31(9)56)29(7)43(59)28(6)42(58)25(3)13-12-14-26(4)50(63)53-41(48)45(37)61/h12-15,20-22,24-25,27-29,34,42-43,46,52,57-61H,16-19,23H2,1-11H3,(H,53,63)/b13-12+,20-15+,26-14+/t25-,27+,28+,29+,34-,42-,43+,46+,51-/m0/s1. The van der Waals surface area contributed by atoms with Crippen LogP contribution in [0.3, 0.4) is 0 Å². The molecule has 368 valence electrons. The maximum absolute atomic E-state index is 14.9. The number of allylic oxidation sites excluding steroid dienone is 2. The Hall–Kier alpha value is -6.01. The number of carbonyl (C=O) groups is 3. The summed E-state index contributed by atoms with van der Waals surface area (Å²) in [5, 5.41) is 64.7. The van der Waals surface area contributed by atoms with Gasteiger partial charge in [0.15, 0.2) is 17.2 Å². The van der Waals surface area contributed by atoms with Gasteiger partial charge in [-0.15, -0.1) is 0 Å². The number of piperazine rings is 1. The Labute approximate surface area is 396 Å². The zero-order chi connectivity index (χ0) is 49.7. The number of esters is 1. The van der Waals surface area contributed by atoms with Crippen LogP contribution >= 0.6 is 0 Å². The second-order valence-corrected chi connectivity index (χ2v) is 19.3. The van der Waals surface area contributed by atoms with E-state index in [1.807, 2.05) is 0 Å². The van der Waals surface area contributed by atoms with Crippen LogP contribution in [0.15, 0.2) is 48.3 Å². The highest BCUT2D eigenvalue weighted by atomic mass is 16.7. The maximum atomic E-state index is 14.9. The van der Waals surface area contributed by atoms with E-state index in [1.165, 1.54) is 46.3 Å². The fraction of sp³-hybridized carbons (Fsp3) is 0.510. The van der Waals surface area contributed by atoms with Gasteiger partial charge in [-0.25, -0.2) is 0 Å². The Kier molecular flexibility index (Phi) is 14.3. The number of aliphatic hydroxyl groups excluding tert-OH is 2. The van der Waals surface area contributed by atoms with Crippen molar-refractivity contribution < 1.29 is 63.6 Å². The predicted octanol–water partition coefficient (Wildman–Crippen LogP) is 7.38. The number of amides is 1. The minimum absolute atomic E-state index is 0.0307. The van der Waals surface area contributed by atoms with Crippen molar-refractivity contribution in [1.29, 1.82) is 0 Å². The van der Waals surface area contributed by atoms with Crippen molar-refractivity contribution in [3.63, 3.8) is 0 Å². The molecule has 4 bridgehead atoms. The van der Waals surface area contributed by atoms with E-state index in [4.69, 9.17) is 23.7 Å². The molecule has 0 saturated carbocycles. The number of hydrogen-bond acceptors (Lipinski definition) is 16. The number of rotatable bonds is 5. The van der Waals surface area contributed by atoms with Gasteiger partial charge in [-0.2, -0.15) is 0 Å². The lowest BCUT2D eigenvalue weighted by atomic mass is 9.78. The molecule has 17 nitrogen and oxygen atoms in total. The van der Waals surface area contributed by atoms with Crippen molar-refractivity contribution in [3.8, 4) is 34.5 Å². The van der Waals surface area contributed by atoms with Gasteiger partial charge in [0.1, 0.15) is 34.7 Å². The molecule has 0 radical (unpaired) electrons. The number of phenolic OH excluding ortho intramolecular Hbond substituents is 3. The molecule has 0 aliphatic carbocycles. The van der Waals surface area contributed by atoms with Crippen LogP contribution < -0.4 is 25.0 Å². The van der Waals surface area contributed by atoms with Crippen LogP contribution in [0.2, 0.25) is 0 Å². The van der Waals surface area contributed by atoms with E-state index < -0.39 is 83.0 Å². The summed E-state index contributed by atoms with van der Waals surface area (Å²) in [6.45, 7) is 21.0. The molecule has 4 heterocycles. The number of nitrogens with one attached hydrogen (secondary N) is 2. The summed E-state index contributed by atoms with van der Waals surface area (Å²) in [5.74, 6) is -7.24. The number of anilines is 4. The summed E-state index contributed by atoms with van der Waals surface area (Å²) in [4.78, 5) is 45.9. The van der Waals surface area contributed by atoms with Gasteiger partial charge in [0, 0.05) is 112 Å². The molecule has 7 N–H and O–H groups in total. The average molecular weight is 943 g/mol. The van der Waals surface area contributed by atoms with Crippen LogP contribution in [-0.4, -0.2) is 118 Å².